The van der Waals surface area contributed by atoms with Crippen molar-refractivity contribution in [1.82, 2.24) is 4.72 Å². The zero-order valence-corrected chi connectivity index (χ0v) is 16.3. The van der Waals surface area contributed by atoms with Gasteiger partial charge in [-0.15, -0.1) is 0 Å². The van der Waals surface area contributed by atoms with Crippen molar-refractivity contribution < 1.29 is 13.2 Å². The molecule has 2 N–H and O–H groups in total. The maximum Gasteiger partial charge on any atom is 0.255 e. The van der Waals surface area contributed by atoms with Gasteiger partial charge in [-0.2, -0.15) is 0 Å². The van der Waals surface area contributed by atoms with Crippen molar-refractivity contribution in [2.75, 3.05) is 29.9 Å². The molecule has 1 amide bonds. The molecule has 0 saturated carbocycles. The van der Waals surface area contributed by atoms with Crippen LogP contribution in [0.1, 0.15) is 36.5 Å². The van der Waals surface area contributed by atoms with Gasteiger partial charge in [0.25, 0.3) is 5.91 Å². The first-order chi connectivity index (χ1) is 13.0. The molecule has 3 rings (SSSR count). The van der Waals surface area contributed by atoms with Crippen molar-refractivity contribution in [2.45, 2.75) is 31.1 Å². The van der Waals surface area contributed by atoms with Crippen LogP contribution in [0, 0.1) is 0 Å². The van der Waals surface area contributed by atoms with Crippen LogP contribution in [0.2, 0.25) is 0 Å². The lowest BCUT2D eigenvalue weighted by atomic mass is 10.1. The highest BCUT2D eigenvalue weighted by molar-refractivity contribution is 7.89. The Bertz CT molecular complexity index is 889. The summed E-state index contributed by atoms with van der Waals surface area (Å²) < 4.78 is 26.6. The topological polar surface area (TPSA) is 78.5 Å². The van der Waals surface area contributed by atoms with E-state index in [4.69, 9.17) is 0 Å². The molecule has 0 unspecified atom stereocenters. The van der Waals surface area contributed by atoms with E-state index < -0.39 is 10.0 Å². The fourth-order valence-corrected chi connectivity index (χ4v) is 4.28. The molecule has 2 aromatic rings. The van der Waals surface area contributed by atoms with Gasteiger partial charge in [-0.25, -0.2) is 13.1 Å². The fourth-order valence-electron chi connectivity index (χ4n) is 3.19. The first-order valence-corrected chi connectivity index (χ1v) is 10.7. The second kappa shape index (κ2) is 8.54. The lowest BCUT2D eigenvalue weighted by Crippen LogP contribution is -2.29. The smallest absolute Gasteiger partial charge is 0.255 e. The number of hydrogen-bond acceptors (Lipinski definition) is 4. The van der Waals surface area contributed by atoms with Crippen LogP contribution in [0.3, 0.4) is 0 Å². The number of anilines is 2. The summed E-state index contributed by atoms with van der Waals surface area (Å²) in [6.07, 6.45) is 3.71. The third-order valence-corrected chi connectivity index (χ3v) is 6.13. The Hall–Kier alpha value is -2.38. The quantitative estimate of drug-likeness (QED) is 0.798. The van der Waals surface area contributed by atoms with Gasteiger partial charge in [-0.1, -0.05) is 13.0 Å². The predicted octanol–water partition coefficient (Wildman–Crippen LogP) is 3.23. The summed E-state index contributed by atoms with van der Waals surface area (Å²) in [5.41, 5.74) is 2.14. The van der Waals surface area contributed by atoms with E-state index in [1.165, 1.54) is 31.4 Å². The highest BCUT2D eigenvalue weighted by Gasteiger charge is 2.16. The molecule has 0 aliphatic carbocycles. The number of piperidine rings is 1. The zero-order valence-electron chi connectivity index (χ0n) is 15.4. The molecule has 7 heteroatoms. The maximum atomic E-state index is 12.5. The summed E-state index contributed by atoms with van der Waals surface area (Å²) in [6, 6.07) is 13.8. The SMILES string of the molecule is CCNS(=O)(=O)c1cccc(C(=O)Nc2ccc(N3CCCCC3)cc2)c1. The van der Waals surface area contributed by atoms with Gasteiger partial charge in [0.1, 0.15) is 0 Å². The second-order valence-corrected chi connectivity index (χ2v) is 8.34. The molecule has 144 valence electrons. The van der Waals surface area contributed by atoms with Crippen LogP contribution in [-0.4, -0.2) is 34.0 Å². The number of carbonyl (C=O) groups excluding carboxylic acids is 1. The Morgan fingerprint density at radius 3 is 2.41 bits per heavy atom. The van der Waals surface area contributed by atoms with Gasteiger partial charge >= 0.3 is 0 Å². The van der Waals surface area contributed by atoms with Crippen molar-refractivity contribution in [1.29, 1.82) is 0 Å². The molecule has 1 aliphatic heterocycles. The molecule has 6 nitrogen and oxygen atoms in total. The number of benzene rings is 2. The van der Waals surface area contributed by atoms with Crippen molar-refractivity contribution >= 4 is 27.3 Å². The molecule has 1 fully saturated rings. The van der Waals surface area contributed by atoms with Gasteiger partial charge in [-0.05, 0) is 61.7 Å². The Morgan fingerprint density at radius 2 is 1.74 bits per heavy atom. The molecule has 1 heterocycles. The normalized spacial score (nSPS) is 14.8. The molecule has 0 radical (unpaired) electrons. The molecule has 0 bridgehead atoms. The Balaban J connectivity index is 1.70. The van der Waals surface area contributed by atoms with E-state index >= 15 is 0 Å². The van der Waals surface area contributed by atoms with E-state index in [0.29, 0.717) is 17.8 Å². The van der Waals surface area contributed by atoms with Crippen molar-refractivity contribution in [3.8, 4) is 0 Å². The summed E-state index contributed by atoms with van der Waals surface area (Å²) in [7, 11) is -3.59. The lowest BCUT2D eigenvalue weighted by molar-refractivity contribution is 0.102. The number of nitrogens with one attached hydrogen (secondary N) is 2. The third kappa shape index (κ3) is 4.87. The van der Waals surface area contributed by atoms with E-state index in [1.807, 2.05) is 24.3 Å². The van der Waals surface area contributed by atoms with Crippen molar-refractivity contribution in [3.05, 3.63) is 54.1 Å². The van der Waals surface area contributed by atoms with Gasteiger partial charge < -0.3 is 10.2 Å². The maximum absolute atomic E-state index is 12.5. The van der Waals surface area contributed by atoms with Crippen LogP contribution in [0.15, 0.2) is 53.4 Å². The minimum absolute atomic E-state index is 0.0810. The molecule has 0 aromatic heterocycles. The minimum Gasteiger partial charge on any atom is -0.372 e. The van der Waals surface area contributed by atoms with Crippen LogP contribution >= 0.6 is 0 Å². The van der Waals surface area contributed by atoms with Crippen molar-refractivity contribution in [3.63, 3.8) is 0 Å². The van der Waals surface area contributed by atoms with Gasteiger partial charge in [-0.3, -0.25) is 4.79 Å². The molecule has 0 atom stereocenters. The lowest BCUT2D eigenvalue weighted by Gasteiger charge is -2.28. The van der Waals surface area contributed by atoms with Crippen LogP contribution in [-0.2, 0) is 10.0 Å². The Kier molecular flexibility index (Phi) is 6.13. The van der Waals surface area contributed by atoms with Crippen molar-refractivity contribution in [2.24, 2.45) is 0 Å². The van der Waals surface area contributed by atoms with Crippen LogP contribution < -0.4 is 14.9 Å². The number of sulfonamides is 1. The van der Waals surface area contributed by atoms with Crippen LogP contribution in [0.4, 0.5) is 11.4 Å². The van der Waals surface area contributed by atoms with Gasteiger partial charge in [0, 0.05) is 36.6 Å². The van der Waals surface area contributed by atoms with Gasteiger partial charge in [0.05, 0.1) is 4.90 Å². The average Bonchev–Trinajstić information content (AvgIpc) is 2.69. The molecule has 0 spiro atoms. The standard InChI is InChI=1S/C20H25N3O3S/c1-2-21-27(25,26)19-8-6-7-16(15-19)20(24)22-17-9-11-18(12-10-17)23-13-4-3-5-14-23/h6-12,15,21H,2-5,13-14H2,1H3,(H,22,24). The summed E-state index contributed by atoms with van der Waals surface area (Å²) >= 11 is 0. The van der Waals surface area contributed by atoms with E-state index in [0.717, 1.165) is 18.8 Å². The summed E-state index contributed by atoms with van der Waals surface area (Å²) in [4.78, 5) is 14.9. The number of rotatable bonds is 6. The largest absolute Gasteiger partial charge is 0.372 e. The molecular formula is C20H25N3O3S. The summed E-state index contributed by atoms with van der Waals surface area (Å²) in [5, 5.41) is 2.83. The van der Waals surface area contributed by atoms with E-state index in [2.05, 4.69) is 14.9 Å². The Morgan fingerprint density at radius 1 is 1.04 bits per heavy atom. The minimum atomic E-state index is -3.59. The third-order valence-electron chi connectivity index (χ3n) is 4.59. The fraction of sp³-hybridized carbons (Fsp3) is 0.350. The predicted molar refractivity (Wildman–Crippen MR) is 108 cm³/mol. The highest BCUT2D eigenvalue weighted by atomic mass is 32.2. The molecule has 27 heavy (non-hydrogen) atoms. The first kappa shape index (κ1) is 19.4. The van der Waals surface area contributed by atoms with Crippen LogP contribution in [0.25, 0.3) is 0 Å². The monoisotopic (exact) mass is 387 g/mol. The molecule has 1 saturated heterocycles. The number of amides is 1. The molecular weight excluding hydrogens is 362 g/mol. The first-order valence-electron chi connectivity index (χ1n) is 9.26. The number of carbonyl (C=O) groups is 1. The number of hydrogen-bond donors (Lipinski definition) is 2. The summed E-state index contributed by atoms with van der Waals surface area (Å²) in [6.45, 7) is 4.14. The average molecular weight is 388 g/mol. The second-order valence-electron chi connectivity index (χ2n) is 6.58. The van der Waals surface area contributed by atoms with Crippen LogP contribution in [0.5, 0.6) is 0 Å². The summed E-state index contributed by atoms with van der Waals surface area (Å²) in [5.74, 6) is -0.339. The zero-order chi connectivity index (χ0) is 19.3. The van der Waals surface area contributed by atoms with E-state index in [9.17, 15) is 13.2 Å². The van der Waals surface area contributed by atoms with E-state index in [-0.39, 0.29) is 10.8 Å². The van der Waals surface area contributed by atoms with E-state index in [1.54, 1.807) is 19.1 Å². The highest BCUT2D eigenvalue weighted by Crippen LogP contribution is 2.22. The molecule has 2 aromatic carbocycles. The Labute approximate surface area is 160 Å². The number of nitrogens with zero attached hydrogens (tertiary/aromatic N) is 1. The molecule has 1 aliphatic rings. The van der Waals surface area contributed by atoms with Gasteiger partial charge in [0.15, 0.2) is 0 Å². The van der Waals surface area contributed by atoms with Gasteiger partial charge in [0.2, 0.25) is 10.0 Å².